The molecule has 3 amide bonds. The number of rotatable bonds is 7. The molecular formula is C12H18N4O4S. The molecule has 0 aromatic carbocycles. The average molecular weight is 314 g/mol. The Labute approximate surface area is 125 Å². The summed E-state index contributed by atoms with van der Waals surface area (Å²) in [6.45, 7) is 3.74. The van der Waals surface area contributed by atoms with Crippen molar-refractivity contribution in [1.82, 2.24) is 15.6 Å². The lowest BCUT2D eigenvalue weighted by Gasteiger charge is -2.16. The van der Waals surface area contributed by atoms with Gasteiger partial charge in [0, 0.05) is 11.1 Å². The van der Waals surface area contributed by atoms with E-state index in [4.69, 9.17) is 10.8 Å². The second-order valence-electron chi connectivity index (χ2n) is 4.42. The first kappa shape index (κ1) is 16.9. The number of aromatic nitrogens is 1. The molecule has 2 atom stereocenters. The number of nitrogens with one attached hydrogen (secondary N) is 2. The number of primary amides is 1. The van der Waals surface area contributed by atoms with E-state index in [2.05, 4.69) is 15.6 Å². The van der Waals surface area contributed by atoms with Crippen LogP contribution in [0.1, 0.15) is 36.2 Å². The van der Waals surface area contributed by atoms with Crippen LogP contribution in [0, 0.1) is 0 Å². The number of nitrogens with two attached hydrogens (primary N) is 1. The van der Waals surface area contributed by atoms with Crippen LogP contribution in [-0.4, -0.2) is 34.0 Å². The summed E-state index contributed by atoms with van der Waals surface area (Å²) in [6.07, 6.45) is 2.13. The zero-order valence-corrected chi connectivity index (χ0v) is 12.6. The molecule has 1 rings (SSSR count). The number of urea groups is 1. The number of aryl methyl sites for hydroxylation is 1. The number of nitrogens with zero attached hydrogens (tertiary/aromatic N) is 1. The third-order valence-electron chi connectivity index (χ3n) is 2.65. The van der Waals surface area contributed by atoms with Crippen molar-refractivity contribution < 1.29 is 19.5 Å². The van der Waals surface area contributed by atoms with E-state index in [0.29, 0.717) is 0 Å². The zero-order valence-electron chi connectivity index (χ0n) is 11.8. The lowest BCUT2D eigenvalue weighted by Crippen LogP contribution is -2.48. The number of carbonyl (C=O) groups excluding carboxylic acids is 2. The number of amides is 3. The highest BCUT2D eigenvalue weighted by Crippen LogP contribution is 2.19. The minimum Gasteiger partial charge on any atom is -0.480 e. The number of thiazole rings is 1. The molecule has 5 N–H and O–H groups in total. The Morgan fingerprint density at radius 2 is 2.10 bits per heavy atom. The molecule has 0 aliphatic rings. The van der Waals surface area contributed by atoms with E-state index in [9.17, 15) is 14.4 Å². The Morgan fingerprint density at radius 3 is 2.57 bits per heavy atom. The van der Waals surface area contributed by atoms with E-state index < -0.39 is 30.4 Å². The highest BCUT2D eigenvalue weighted by atomic mass is 32.1. The maximum absolute atomic E-state index is 11.7. The smallest absolute Gasteiger partial charge is 0.326 e. The Bertz CT molecular complexity index is 531. The van der Waals surface area contributed by atoms with E-state index in [-0.39, 0.29) is 6.04 Å². The fourth-order valence-electron chi connectivity index (χ4n) is 1.55. The van der Waals surface area contributed by atoms with Crippen molar-refractivity contribution in [2.45, 2.75) is 38.8 Å². The Morgan fingerprint density at radius 1 is 1.43 bits per heavy atom. The van der Waals surface area contributed by atoms with Crippen LogP contribution < -0.4 is 16.4 Å². The van der Waals surface area contributed by atoms with Crippen molar-refractivity contribution >= 4 is 29.2 Å². The molecule has 116 valence electrons. The number of carboxylic acid groups (broad SMARTS) is 1. The van der Waals surface area contributed by atoms with Gasteiger partial charge in [-0.25, -0.2) is 14.6 Å². The lowest BCUT2D eigenvalue weighted by molar-refractivity contribution is -0.140. The molecule has 0 bridgehead atoms. The van der Waals surface area contributed by atoms with Crippen LogP contribution in [0.25, 0.3) is 0 Å². The molecular weight excluding hydrogens is 296 g/mol. The van der Waals surface area contributed by atoms with Gasteiger partial charge in [0.15, 0.2) is 0 Å². The van der Waals surface area contributed by atoms with Gasteiger partial charge in [-0.3, -0.25) is 4.79 Å². The maximum atomic E-state index is 11.7. The maximum Gasteiger partial charge on any atom is 0.326 e. The average Bonchev–Trinajstić information content (AvgIpc) is 2.85. The largest absolute Gasteiger partial charge is 0.480 e. The van der Waals surface area contributed by atoms with Gasteiger partial charge >= 0.3 is 12.0 Å². The van der Waals surface area contributed by atoms with Gasteiger partial charge in [-0.05, 0) is 13.3 Å². The van der Waals surface area contributed by atoms with Crippen molar-refractivity contribution in [3.63, 3.8) is 0 Å². The van der Waals surface area contributed by atoms with Gasteiger partial charge in [0.1, 0.15) is 11.0 Å². The quantitative estimate of drug-likeness (QED) is 0.577. The van der Waals surface area contributed by atoms with Crippen LogP contribution in [-0.2, 0) is 16.0 Å². The van der Waals surface area contributed by atoms with E-state index in [1.165, 1.54) is 11.3 Å². The van der Waals surface area contributed by atoms with Crippen molar-refractivity contribution in [2.24, 2.45) is 5.73 Å². The summed E-state index contributed by atoms with van der Waals surface area (Å²) >= 11 is 1.47. The van der Waals surface area contributed by atoms with Crippen LogP contribution >= 0.6 is 11.3 Å². The molecule has 1 aromatic heterocycles. The zero-order chi connectivity index (χ0) is 16.0. The van der Waals surface area contributed by atoms with Crippen molar-refractivity contribution in [3.8, 4) is 0 Å². The summed E-state index contributed by atoms with van der Waals surface area (Å²) in [5.74, 6) is -2.12. The predicted molar refractivity (Wildman–Crippen MR) is 76.8 cm³/mol. The van der Waals surface area contributed by atoms with Gasteiger partial charge in [0.05, 0.1) is 12.5 Å². The number of carbonyl (C=O) groups is 3. The first-order valence-electron chi connectivity index (χ1n) is 6.36. The van der Waals surface area contributed by atoms with Crippen LogP contribution in [0.5, 0.6) is 0 Å². The molecule has 1 unspecified atom stereocenters. The Hall–Kier alpha value is -2.16. The normalized spacial score (nSPS) is 13.2. The molecule has 21 heavy (non-hydrogen) atoms. The minimum absolute atomic E-state index is 0.363. The highest BCUT2D eigenvalue weighted by molar-refractivity contribution is 7.11. The number of hydrogen-bond acceptors (Lipinski definition) is 5. The summed E-state index contributed by atoms with van der Waals surface area (Å²) in [6, 6.07) is -2.40. The molecule has 1 aromatic rings. The van der Waals surface area contributed by atoms with Gasteiger partial charge < -0.3 is 21.5 Å². The minimum atomic E-state index is -1.35. The third-order valence-corrected chi connectivity index (χ3v) is 3.97. The van der Waals surface area contributed by atoms with Crippen molar-refractivity contribution in [1.29, 1.82) is 0 Å². The van der Waals surface area contributed by atoms with E-state index >= 15 is 0 Å². The van der Waals surface area contributed by atoms with Crippen molar-refractivity contribution in [2.75, 3.05) is 0 Å². The molecule has 9 heteroatoms. The molecule has 0 saturated carbocycles. The standard InChI is InChI=1S/C12H18N4O4S/c1-3-7-5-14-10(21-7)6(2)15-12(20)16-8(11(18)19)4-9(13)17/h5-6,8H,3-4H2,1-2H3,(H2,13,17)(H,18,19)(H2,15,16,20)/t6?,8-/m0/s1. The van der Waals surface area contributed by atoms with Crippen LogP contribution in [0.3, 0.4) is 0 Å². The molecule has 0 aliphatic carbocycles. The number of hydrogen-bond donors (Lipinski definition) is 4. The predicted octanol–water partition coefficient (Wildman–Crippen LogP) is 0.394. The first-order chi connectivity index (χ1) is 9.83. The van der Waals surface area contributed by atoms with Gasteiger partial charge in [-0.1, -0.05) is 6.92 Å². The molecule has 0 fully saturated rings. The number of carboxylic acids is 1. The summed E-state index contributed by atoms with van der Waals surface area (Å²) in [5.41, 5.74) is 4.93. The van der Waals surface area contributed by atoms with E-state index in [0.717, 1.165) is 16.3 Å². The summed E-state index contributed by atoms with van der Waals surface area (Å²) in [5, 5.41) is 14.4. The van der Waals surface area contributed by atoms with Crippen LogP contribution in [0.4, 0.5) is 4.79 Å². The van der Waals surface area contributed by atoms with Gasteiger partial charge in [0.25, 0.3) is 0 Å². The van der Waals surface area contributed by atoms with Crippen molar-refractivity contribution in [3.05, 3.63) is 16.1 Å². The van der Waals surface area contributed by atoms with Crippen LogP contribution in [0.2, 0.25) is 0 Å². The first-order valence-corrected chi connectivity index (χ1v) is 7.17. The summed E-state index contributed by atoms with van der Waals surface area (Å²) in [4.78, 5) is 38.7. The fourth-order valence-corrected chi connectivity index (χ4v) is 2.41. The second kappa shape index (κ2) is 7.58. The Kier molecular flexibility index (Phi) is 6.10. The summed E-state index contributed by atoms with van der Waals surface area (Å²) in [7, 11) is 0. The van der Waals surface area contributed by atoms with E-state index in [1.807, 2.05) is 6.92 Å². The van der Waals surface area contributed by atoms with Crippen LogP contribution in [0.15, 0.2) is 6.20 Å². The van der Waals surface area contributed by atoms with Gasteiger partial charge in [-0.15, -0.1) is 11.3 Å². The van der Waals surface area contributed by atoms with Gasteiger partial charge in [-0.2, -0.15) is 0 Å². The number of aliphatic carboxylic acids is 1. The SMILES string of the molecule is CCc1cnc(C(C)NC(=O)N[C@@H](CC(N)=O)C(=O)O)s1. The fraction of sp³-hybridized carbons (Fsp3) is 0.500. The highest BCUT2D eigenvalue weighted by Gasteiger charge is 2.23. The second-order valence-corrected chi connectivity index (χ2v) is 5.57. The van der Waals surface area contributed by atoms with Gasteiger partial charge in [0.2, 0.25) is 5.91 Å². The molecule has 0 radical (unpaired) electrons. The summed E-state index contributed by atoms with van der Waals surface area (Å²) < 4.78 is 0. The molecule has 1 heterocycles. The third kappa shape index (κ3) is 5.38. The Balaban J connectivity index is 2.58. The molecule has 0 saturated heterocycles. The lowest BCUT2D eigenvalue weighted by atomic mass is 10.2. The molecule has 8 nitrogen and oxygen atoms in total. The molecule has 0 spiro atoms. The van der Waals surface area contributed by atoms with E-state index in [1.54, 1.807) is 13.1 Å². The topological polar surface area (TPSA) is 134 Å². The monoisotopic (exact) mass is 314 g/mol. The molecule has 0 aliphatic heterocycles.